The van der Waals surface area contributed by atoms with Crippen molar-refractivity contribution in [2.45, 2.75) is 6.04 Å². The standard InChI is InChI=1S/C14H20N8O7S/c23-8-1-15-9(24)2-17-11(26)4-19-14(29)22-21-13(28)7(6-30-22)20-12(27)5-18-10(25)3-16-8/h7H,1-6H2,(H,15,24)(H,16,23)(H,17,26)(H,18,25)(H,19,29)(H,20,27)(H,21,28). The maximum absolute atomic E-state index is 12.1. The molecule has 0 spiro atoms. The molecular formula is C14H20N8O7S. The van der Waals surface area contributed by atoms with Crippen molar-refractivity contribution in [3.63, 3.8) is 0 Å². The van der Waals surface area contributed by atoms with Crippen molar-refractivity contribution in [2.75, 3.05) is 38.5 Å². The average molecular weight is 444 g/mol. The summed E-state index contributed by atoms with van der Waals surface area (Å²) in [6.45, 7) is -2.19. The first kappa shape index (κ1) is 22.7. The summed E-state index contributed by atoms with van der Waals surface area (Å²) in [4.78, 5) is 82.6. The zero-order valence-electron chi connectivity index (χ0n) is 15.5. The number of hydrazine groups is 1. The van der Waals surface area contributed by atoms with Gasteiger partial charge in [-0.3, -0.25) is 34.2 Å². The summed E-state index contributed by atoms with van der Waals surface area (Å²) in [5, 5.41) is 13.6. The van der Waals surface area contributed by atoms with Gasteiger partial charge in [-0.2, -0.15) is 4.41 Å². The number of amides is 8. The van der Waals surface area contributed by atoms with E-state index in [9.17, 15) is 33.6 Å². The second-order valence-electron chi connectivity index (χ2n) is 5.95. The Morgan fingerprint density at radius 3 is 1.53 bits per heavy atom. The summed E-state index contributed by atoms with van der Waals surface area (Å²) in [5.41, 5.74) is 2.25. The van der Waals surface area contributed by atoms with E-state index in [0.29, 0.717) is 0 Å². The summed E-state index contributed by atoms with van der Waals surface area (Å²) in [6.07, 6.45) is 0. The first-order valence-electron chi connectivity index (χ1n) is 8.62. The smallest absolute Gasteiger partial charge is 0.346 e. The van der Waals surface area contributed by atoms with Crippen molar-refractivity contribution in [1.82, 2.24) is 41.7 Å². The Labute approximate surface area is 173 Å². The second kappa shape index (κ2) is 10.8. The fraction of sp³-hybridized carbons (Fsp3) is 0.500. The molecule has 2 bridgehead atoms. The largest absolute Gasteiger partial charge is 0.347 e. The van der Waals surface area contributed by atoms with Crippen molar-refractivity contribution in [3.05, 3.63) is 0 Å². The molecule has 3 rings (SSSR count). The van der Waals surface area contributed by atoms with Gasteiger partial charge in [-0.25, -0.2) is 4.79 Å². The molecule has 3 heterocycles. The van der Waals surface area contributed by atoms with E-state index in [-0.39, 0.29) is 5.75 Å². The quantitative estimate of drug-likeness (QED) is 0.141. The lowest BCUT2D eigenvalue weighted by Crippen LogP contribution is -2.60. The van der Waals surface area contributed by atoms with Gasteiger partial charge in [0.15, 0.2) is 0 Å². The van der Waals surface area contributed by atoms with Gasteiger partial charge in [0.05, 0.1) is 32.7 Å². The zero-order valence-corrected chi connectivity index (χ0v) is 16.3. The molecule has 1 atom stereocenters. The maximum Gasteiger partial charge on any atom is 0.347 e. The summed E-state index contributed by atoms with van der Waals surface area (Å²) in [5.74, 6) is -3.95. The van der Waals surface area contributed by atoms with Crippen LogP contribution in [0.2, 0.25) is 0 Å². The lowest BCUT2D eigenvalue weighted by molar-refractivity contribution is -0.131. The van der Waals surface area contributed by atoms with E-state index in [1.54, 1.807) is 0 Å². The predicted octanol–water partition coefficient (Wildman–Crippen LogP) is -5.35. The Morgan fingerprint density at radius 1 is 0.633 bits per heavy atom. The number of carbonyl (C=O) groups is 7. The van der Waals surface area contributed by atoms with E-state index in [1.165, 1.54) is 0 Å². The van der Waals surface area contributed by atoms with Gasteiger partial charge in [-0.05, 0) is 11.9 Å². The number of hydrogen-bond donors (Lipinski definition) is 7. The molecule has 16 heteroatoms. The summed E-state index contributed by atoms with van der Waals surface area (Å²) < 4.78 is 0.868. The summed E-state index contributed by atoms with van der Waals surface area (Å²) in [6, 6.07) is -1.73. The second-order valence-corrected chi connectivity index (χ2v) is 6.91. The van der Waals surface area contributed by atoms with Crippen LogP contribution in [0.15, 0.2) is 0 Å². The fourth-order valence-corrected chi connectivity index (χ4v) is 2.96. The highest BCUT2D eigenvalue weighted by atomic mass is 32.2. The minimum Gasteiger partial charge on any atom is -0.346 e. The molecule has 0 aromatic carbocycles. The van der Waals surface area contributed by atoms with Crippen molar-refractivity contribution in [2.24, 2.45) is 0 Å². The van der Waals surface area contributed by atoms with Crippen LogP contribution in [0.5, 0.6) is 0 Å². The van der Waals surface area contributed by atoms with E-state index in [2.05, 4.69) is 37.3 Å². The number of fused-ring (bicyclic) bond motifs is 18. The molecule has 3 aliphatic rings. The molecule has 0 aromatic heterocycles. The molecule has 7 N–H and O–H groups in total. The molecule has 0 radical (unpaired) electrons. The van der Waals surface area contributed by atoms with E-state index in [4.69, 9.17) is 0 Å². The van der Waals surface area contributed by atoms with Gasteiger partial charge in [0.1, 0.15) is 6.04 Å². The molecule has 1 unspecified atom stereocenters. The van der Waals surface area contributed by atoms with Crippen LogP contribution in [0.25, 0.3) is 0 Å². The van der Waals surface area contributed by atoms with Crippen LogP contribution in [0, 0.1) is 0 Å². The van der Waals surface area contributed by atoms with Crippen LogP contribution in [-0.4, -0.2) is 90.4 Å². The third-order valence-corrected chi connectivity index (χ3v) is 4.60. The number of carbonyl (C=O) groups excluding carboxylic acids is 7. The molecule has 164 valence electrons. The lowest BCUT2D eigenvalue weighted by atomic mass is 10.3. The van der Waals surface area contributed by atoms with Crippen LogP contribution in [0.3, 0.4) is 0 Å². The van der Waals surface area contributed by atoms with E-state index >= 15 is 0 Å². The molecule has 30 heavy (non-hydrogen) atoms. The molecule has 0 aliphatic carbocycles. The first-order chi connectivity index (χ1) is 14.2. The van der Waals surface area contributed by atoms with Crippen molar-refractivity contribution in [1.29, 1.82) is 0 Å². The Balaban J connectivity index is 1.98. The Bertz CT molecular complexity index is 753. The van der Waals surface area contributed by atoms with Crippen LogP contribution >= 0.6 is 11.9 Å². The highest BCUT2D eigenvalue weighted by molar-refractivity contribution is 7.97. The fourth-order valence-electron chi connectivity index (χ4n) is 2.09. The van der Waals surface area contributed by atoms with Crippen LogP contribution < -0.4 is 37.3 Å². The molecule has 3 aliphatic heterocycles. The highest BCUT2D eigenvalue weighted by Crippen LogP contribution is 2.14. The van der Waals surface area contributed by atoms with Gasteiger partial charge < -0.3 is 31.9 Å². The van der Waals surface area contributed by atoms with Crippen molar-refractivity contribution < 1.29 is 33.6 Å². The summed E-state index contributed by atoms with van der Waals surface area (Å²) >= 11 is 0.884. The van der Waals surface area contributed by atoms with Crippen LogP contribution in [0.1, 0.15) is 0 Å². The number of nitrogens with zero attached hydrogens (tertiary/aromatic N) is 1. The van der Waals surface area contributed by atoms with E-state index in [1.807, 2.05) is 0 Å². The lowest BCUT2D eigenvalue weighted by Gasteiger charge is -2.30. The minimum absolute atomic E-state index is 0.0291. The molecule has 3 saturated heterocycles. The van der Waals surface area contributed by atoms with Gasteiger partial charge >= 0.3 is 6.03 Å². The normalized spacial score (nSPS) is 23.0. The van der Waals surface area contributed by atoms with E-state index < -0.39 is 80.2 Å². The Morgan fingerprint density at radius 2 is 1.07 bits per heavy atom. The van der Waals surface area contributed by atoms with Gasteiger partial charge in [-0.15, -0.1) is 0 Å². The third-order valence-electron chi connectivity index (χ3n) is 3.60. The number of nitrogens with one attached hydrogen (secondary N) is 7. The van der Waals surface area contributed by atoms with E-state index in [0.717, 1.165) is 16.4 Å². The number of urea groups is 1. The van der Waals surface area contributed by atoms with Crippen LogP contribution in [-0.2, 0) is 28.8 Å². The first-order valence-corrected chi connectivity index (χ1v) is 9.56. The van der Waals surface area contributed by atoms with Crippen molar-refractivity contribution in [3.8, 4) is 0 Å². The molecule has 3 fully saturated rings. The highest BCUT2D eigenvalue weighted by Gasteiger charge is 2.31. The van der Waals surface area contributed by atoms with Gasteiger partial charge in [0.25, 0.3) is 5.91 Å². The predicted molar refractivity (Wildman–Crippen MR) is 99.8 cm³/mol. The van der Waals surface area contributed by atoms with Gasteiger partial charge in [0.2, 0.25) is 29.5 Å². The number of rotatable bonds is 0. The molecule has 8 amide bonds. The SMILES string of the molecule is O=C1CNC(=O)CNC(=O)CNC(=O)N2NC(=O)C(CS2)NC(=O)CNC(=O)CN1. The number of hydrogen-bond acceptors (Lipinski definition) is 8. The van der Waals surface area contributed by atoms with Gasteiger partial charge in [0, 0.05) is 5.75 Å². The third kappa shape index (κ3) is 7.46. The molecule has 0 saturated carbocycles. The zero-order chi connectivity index (χ0) is 22.1. The van der Waals surface area contributed by atoms with Crippen LogP contribution in [0.4, 0.5) is 4.79 Å². The molecule has 15 nitrogen and oxygen atoms in total. The maximum atomic E-state index is 12.1. The topological polar surface area (TPSA) is 207 Å². The van der Waals surface area contributed by atoms with Crippen molar-refractivity contribution >= 4 is 53.4 Å². The summed E-state index contributed by atoms with van der Waals surface area (Å²) in [7, 11) is 0. The minimum atomic E-state index is -0.947. The molecule has 0 aromatic rings. The monoisotopic (exact) mass is 444 g/mol. The Kier molecular flexibility index (Phi) is 8.21. The Hall–Kier alpha value is -3.56. The molecular weight excluding hydrogens is 424 g/mol. The average Bonchev–Trinajstić information content (AvgIpc) is 2.72. The van der Waals surface area contributed by atoms with Gasteiger partial charge in [-0.1, -0.05) is 0 Å².